The van der Waals surface area contributed by atoms with E-state index in [1.54, 1.807) is 0 Å². The van der Waals surface area contributed by atoms with Gasteiger partial charge in [0.1, 0.15) is 0 Å². The van der Waals surface area contributed by atoms with Gasteiger partial charge < -0.3 is 4.74 Å². The van der Waals surface area contributed by atoms with Gasteiger partial charge in [0.05, 0.1) is 7.11 Å². The molecule has 1 aromatic rings. The van der Waals surface area contributed by atoms with Crippen molar-refractivity contribution in [1.82, 2.24) is 0 Å². The molecule has 0 aliphatic heterocycles. The van der Waals surface area contributed by atoms with E-state index in [1.165, 1.54) is 7.11 Å². The molecule has 0 amide bonds. The fraction of sp³-hybridized carbons (Fsp3) is 0.364. The Kier molecular flexibility index (Phi) is 4.11. The molecule has 0 fully saturated rings. The molecule has 0 N–H and O–H groups in total. The molecule has 0 aliphatic rings. The van der Waals surface area contributed by atoms with Crippen molar-refractivity contribution in [3.63, 3.8) is 0 Å². The maximum absolute atomic E-state index is 13.0. The fourth-order valence-electron chi connectivity index (χ4n) is 1.18. The van der Waals surface area contributed by atoms with Crippen LogP contribution < -0.4 is 0 Å². The van der Waals surface area contributed by atoms with E-state index >= 15 is 0 Å². The van der Waals surface area contributed by atoms with Crippen molar-refractivity contribution in [2.45, 2.75) is 19.0 Å². The fourth-order valence-corrected chi connectivity index (χ4v) is 1.18. The van der Waals surface area contributed by atoms with Gasteiger partial charge in [0.25, 0.3) is 0 Å². The van der Waals surface area contributed by atoms with E-state index in [9.17, 15) is 9.18 Å². The normalized spacial score (nSPS) is 12.1. The molecule has 0 bridgehead atoms. The minimum atomic E-state index is -1.51. The van der Waals surface area contributed by atoms with E-state index in [4.69, 9.17) is 0 Å². The number of alkyl halides is 1. The van der Waals surface area contributed by atoms with Crippen molar-refractivity contribution in [3.8, 4) is 0 Å². The molecule has 14 heavy (non-hydrogen) atoms. The van der Waals surface area contributed by atoms with E-state index in [0.717, 1.165) is 5.56 Å². The first-order chi connectivity index (χ1) is 6.74. The van der Waals surface area contributed by atoms with Gasteiger partial charge in [-0.3, -0.25) is 0 Å². The highest BCUT2D eigenvalue weighted by molar-refractivity contribution is 5.74. The highest BCUT2D eigenvalue weighted by Gasteiger charge is 2.16. The second-order valence-corrected chi connectivity index (χ2v) is 3.01. The number of rotatable bonds is 4. The summed E-state index contributed by atoms with van der Waals surface area (Å²) in [6.07, 6.45) is -0.784. The monoisotopic (exact) mass is 196 g/mol. The largest absolute Gasteiger partial charge is 0.467 e. The third-order valence-electron chi connectivity index (χ3n) is 1.99. The summed E-state index contributed by atoms with van der Waals surface area (Å²) in [5, 5.41) is 0. The average Bonchev–Trinajstić information content (AvgIpc) is 2.26. The molecule has 0 aliphatic carbocycles. The lowest BCUT2D eigenvalue weighted by molar-refractivity contribution is -0.146. The molecular formula is C11H13FO2. The Bertz CT molecular complexity index is 285. The Morgan fingerprint density at radius 3 is 2.64 bits per heavy atom. The van der Waals surface area contributed by atoms with Gasteiger partial charge in [-0.15, -0.1) is 0 Å². The lowest BCUT2D eigenvalue weighted by atomic mass is 10.1. The Hall–Kier alpha value is -1.38. The summed E-state index contributed by atoms with van der Waals surface area (Å²) in [6.45, 7) is 0. The molecule has 1 rings (SSSR count). The van der Waals surface area contributed by atoms with Crippen molar-refractivity contribution in [2.75, 3.05) is 7.11 Å². The predicted octanol–water partition coefficient (Wildman–Crippen LogP) is 2.13. The third kappa shape index (κ3) is 3.17. The van der Waals surface area contributed by atoms with E-state index < -0.39 is 12.1 Å². The van der Waals surface area contributed by atoms with Crippen molar-refractivity contribution < 1.29 is 13.9 Å². The van der Waals surface area contributed by atoms with Crippen LogP contribution in [0.2, 0.25) is 0 Å². The molecule has 76 valence electrons. The van der Waals surface area contributed by atoms with Crippen LogP contribution in [0.5, 0.6) is 0 Å². The van der Waals surface area contributed by atoms with Crippen LogP contribution in [0.4, 0.5) is 4.39 Å². The zero-order valence-electron chi connectivity index (χ0n) is 8.07. The molecule has 0 radical (unpaired) electrons. The van der Waals surface area contributed by atoms with Gasteiger partial charge in [-0.05, 0) is 18.4 Å². The van der Waals surface area contributed by atoms with Crippen LogP contribution in [0, 0.1) is 0 Å². The summed E-state index contributed by atoms with van der Waals surface area (Å²) < 4.78 is 17.3. The predicted molar refractivity (Wildman–Crippen MR) is 51.7 cm³/mol. The number of carbonyl (C=O) groups is 1. The molecule has 0 heterocycles. The van der Waals surface area contributed by atoms with E-state index in [-0.39, 0.29) is 6.42 Å². The topological polar surface area (TPSA) is 26.3 Å². The van der Waals surface area contributed by atoms with Crippen molar-refractivity contribution in [2.24, 2.45) is 0 Å². The Labute approximate surface area is 82.7 Å². The summed E-state index contributed by atoms with van der Waals surface area (Å²) in [5.41, 5.74) is 1.03. The first kappa shape index (κ1) is 10.7. The number of ether oxygens (including phenoxy) is 1. The van der Waals surface area contributed by atoms with Crippen LogP contribution in [-0.4, -0.2) is 19.3 Å². The quantitative estimate of drug-likeness (QED) is 0.689. The summed E-state index contributed by atoms with van der Waals surface area (Å²) in [7, 11) is 1.19. The molecule has 1 aromatic carbocycles. The highest BCUT2D eigenvalue weighted by atomic mass is 19.1. The number of carbonyl (C=O) groups excluding carboxylic acids is 1. The van der Waals surface area contributed by atoms with E-state index in [1.807, 2.05) is 30.3 Å². The number of benzene rings is 1. The molecule has 3 heteroatoms. The average molecular weight is 196 g/mol. The molecule has 0 aromatic heterocycles. The van der Waals surface area contributed by atoms with Crippen LogP contribution >= 0.6 is 0 Å². The van der Waals surface area contributed by atoms with Crippen molar-refractivity contribution in [3.05, 3.63) is 35.9 Å². The molecule has 0 saturated heterocycles. The van der Waals surface area contributed by atoms with Crippen LogP contribution in [0.3, 0.4) is 0 Å². The summed E-state index contributed by atoms with van der Waals surface area (Å²) in [5.74, 6) is -0.791. The van der Waals surface area contributed by atoms with Gasteiger partial charge in [0, 0.05) is 0 Å². The Morgan fingerprint density at radius 1 is 1.43 bits per heavy atom. The van der Waals surface area contributed by atoms with Gasteiger partial charge in [0.15, 0.2) is 6.17 Å². The van der Waals surface area contributed by atoms with Crippen molar-refractivity contribution >= 4 is 5.97 Å². The first-order valence-electron chi connectivity index (χ1n) is 4.50. The zero-order valence-corrected chi connectivity index (χ0v) is 8.07. The molecular weight excluding hydrogens is 183 g/mol. The standard InChI is InChI=1S/C11H13FO2/c1-14-11(13)10(12)8-7-9-5-3-2-4-6-9/h2-6,10H,7-8H2,1H3/t10-/m1/s1. The van der Waals surface area contributed by atoms with E-state index in [0.29, 0.717) is 6.42 Å². The third-order valence-corrected chi connectivity index (χ3v) is 1.99. The number of esters is 1. The van der Waals surface area contributed by atoms with Gasteiger partial charge in [-0.2, -0.15) is 0 Å². The van der Waals surface area contributed by atoms with Crippen molar-refractivity contribution in [1.29, 1.82) is 0 Å². The Balaban J connectivity index is 2.38. The summed E-state index contributed by atoms with van der Waals surface area (Å²) in [4.78, 5) is 10.7. The number of halogens is 1. The molecule has 0 spiro atoms. The smallest absolute Gasteiger partial charge is 0.340 e. The SMILES string of the molecule is COC(=O)[C@H](F)CCc1ccccc1. The number of aryl methyl sites for hydroxylation is 1. The molecule has 0 saturated carbocycles. The second-order valence-electron chi connectivity index (χ2n) is 3.01. The maximum Gasteiger partial charge on any atom is 0.340 e. The minimum Gasteiger partial charge on any atom is -0.467 e. The summed E-state index contributed by atoms with van der Waals surface area (Å²) >= 11 is 0. The summed E-state index contributed by atoms with van der Waals surface area (Å²) in [6, 6.07) is 9.49. The van der Waals surface area contributed by atoms with Crippen LogP contribution in [0.1, 0.15) is 12.0 Å². The van der Waals surface area contributed by atoms with Gasteiger partial charge in [-0.25, -0.2) is 9.18 Å². The minimum absolute atomic E-state index is 0.177. The lowest BCUT2D eigenvalue weighted by Gasteiger charge is -2.05. The van der Waals surface area contributed by atoms with Crippen LogP contribution in [0.25, 0.3) is 0 Å². The highest BCUT2D eigenvalue weighted by Crippen LogP contribution is 2.08. The second kappa shape index (κ2) is 5.37. The zero-order chi connectivity index (χ0) is 10.4. The number of hydrogen-bond donors (Lipinski definition) is 0. The molecule has 2 nitrogen and oxygen atoms in total. The van der Waals surface area contributed by atoms with Gasteiger partial charge in [-0.1, -0.05) is 30.3 Å². The Morgan fingerprint density at radius 2 is 2.07 bits per heavy atom. The van der Waals surface area contributed by atoms with Crippen LogP contribution in [0.15, 0.2) is 30.3 Å². The van der Waals surface area contributed by atoms with Gasteiger partial charge >= 0.3 is 5.97 Å². The van der Waals surface area contributed by atoms with Crippen LogP contribution in [-0.2, 0) is 16.0 Å². The first-order valence-corrected chi connectivity index (χ1v) is 4.50. The number of methoxy groups -OCH3 is 1. The lowest BCUT2D eigenvalue weighted by Crippen LogP contribution is -2.17. The van der Waals surface area contributed by atoms with Gasteiger partial charge in [0.2, 0.25) is 0 Å². The van der Waals surface area contributed by atoms with E-state index in [2.05, 4.69) is 4.74 Å². The molecule has 0 unspecified atom stereocenters. The number of hydrogen-bond acceptors (Lipinski definition) is 2. The maximum atomic E-state index is 13.0. The molecule has 1 atom stereocenters.